The maximum Gasteiger partial charge on any atom is 0.175 e. The van der Waals surface area contributed by atoms with Gasteiger partial charge in [0, 0.05) is 18.7 Å². The number of hydrogen-bond donors (Lipinski definition) is 2. The topological polar surface area (TPSA) is 97.5 Å². The van der Waals surface area contributed by atoms with Crippen LogP contribution in [0.5, 0.6) is 5.75 Å². The molecular formula is C33H43N3O4S. The third-order valence-electron chi connectivity index (χ3n) is 11.1. The van der Waals surface area contributed by atoms with Crippen LogP contribution in [0.15, 0.2) is 41.3 Å². The molecule has 2 aromatic heterocycles. The van der Waals surface area contributed by atoms with E-state index in [2.05, 4.69) is 30.0 Å². The number of ketones is 1. The fourth-order valence-corrected chi connectivity index (χ4v) is 9.96. The van der Waals surface area contributed by atoms with E-state index in [9.17, 15) is 15.0 Å². The van der Waals surface area contributed by atoms with Gasteiger partial charge >= 0.3 is 0 Å². The molecule has 3 saturated carbocycles. The van der Waals surface area contributed by atoms with Gasteiger partial charge < -0.3 is 14.9 Å². The summed E-state index contributed by atoms with van der Waals surface area (Å²) in [4.78, 5) is 18.2. The van der Waals surface area contributed by atoms with E-state index in [0.717, 1.165) is 37.8 Å². The standard InChI is InChI=1S/C33H43N3O4S/c1-6-8-29(40-27-9-7-14-34-20(27)2)41-19-28(38)33(39)13-12-24-23-11-10-22-15-25-21(18-35-36(25)5)16-31(22,3)30(23)26(37)17-32(24,33)4/h7-9,14-15,18,23-24,26,30,37,39H,6,10-13,16-17,19H2,1-5H3. The molecule has 220 valence electrons. The second-order valence-electron chi connectivity index (χ2n) is 13.2. The van der Waals surface area contributed by atoms with Crippen LogP contribution in [-0.2, 0) is 18.3 Å². The highest BCUT2D eigenvalue weighted by atomic mass is 32.2. The van der Waals surface area contributed by atoms with Gasteiger partial charge in [-0.1, -0.05) is 38.1 Å². The summed E-state index contributed by atoms with van der Waals surface area (Å²) < 4.78 is 8.07. The Morgan fingerprint density at radius 3 is 2.88 bits per heavy atom. The molecule has 2 aromatic rings. The third-order valence-corrected chi connectivity index (χ3v) is 12.0. The predicted molar refractivity (Wildman–Crippen MR) is 161 cm³/mol. The van der Waals surface area contributed by atoms with Crippen LogP contribution in [0.4, 0.5) is 0 Å². The minimum absolute atomic E-state index is 0.107. The first-order valence-corrected chi connectivity index (χ1v) is 16.1. The molecule has 7 nitrogen and oxygen atoms in total. The maximum absolute atomic E-state index is 13.9. The van der Waals surface area contributed by atoms with Gasteiger partial charge in [-0.15, -0.1) is 0 Å². The number of aliphatic hydroxyl groups excluding tert-OH is 1. The van der Waals surface area contributed by atoms with Crippen molar-refractivity contribution in [2.24, 2.45) is 35.6 Å². The highest BCUT2D eigenvalue weighted by Crippen LogP contribution is 2.67. The van der Waals surface area contributed by atoms with Crippen molar-refractivity contribution < 1.29 is 19.7 Å². The second kappa shape index (κ2) is 10.4. The van der Waals surface area contributed by atoms with E-state index in [0.29, 0.717) is 23.7 Å². The van der Waals surface area contributed by atoms with E-state index in [-0.39, 0.29) is 34.7 Å². The molecule has 0 spiro atoms. The lowest BCUT2D eigenvalue weighted by molar-refractivity contribution is -0.177. The predicted octanol–water partition coefficient (Wildman–Crippen LogP) is 5.64. The maximum atomic E-state index is 13.9. The quantitative estimate of drug-likeness (QED) is 0.411. The van der Waals surface area contributed by atoms with E-state index in [1.165, 1.54) is 28.6 Å². The Labute approximate surface area is 247 Å². The summed E-state index contributed by atoms with van der Waals surface area (Å²) in [5.74, 6) is 1.21. The average Bonchev–Trinajstić information content (AvgIpc) is 3.42. The summed E-state index contributed by atoms with van der Waals surface area (Å²) in [6.07, 6.45) is 12.7. The smallest absolute Gasteiger partial charge is 0.175 e. The normalized spacial score (nSPS) is 36.1. The highest BCUT2D eigenvalue weighted by molar-refractivity contribution is 8.03. The minimum atomic E-state index is -1.46. The first-order valence-electron chi connectivity index (χ1n) is 15.1. The van der Waals surface area contributed by atoms with Gasteiger partial charge in [0.1, 0.15) is 11.4 Å². The first kappa shape index (κ1) is 28.7. The van der Waals surface area contributed by atoms with Gasteiger partial charge in [0.05, 0.1) is 29.4 Å². The van der Waals surface area contributed by atoms with E-state index < -0.39 is 17.1 Å². The number of nitrogens with zero attached hydrogens (tertiary/aromatic N) is 3. The molecule has 6 rings (SSSR count). The van der Waals surface area contributed by atoms with E-state index in [1.54, 1.807) is 6.20 Å². The first-order chi connectivity index (χ1) is 19.5. The van der Waals surface area contributed by atoms with Crippen molar-refractivity contribution in [2.75, 3.05) is 5.75 Å². The molecule has 4 aliphatic rings. The number of aryl methyl sites for hydroxylation is 2. The summed E-state index contributed by atoms with van der Waals surface area (Å²) in [5, 5.41) is 29.2. The van der Waals surface area contributed by atoms with Crippen LogP contribution in [0.1, 0.15) is 76.2 Å². The number of carbonyl (C=O) groups excluding carboxylic acids is 1. The zero-order valence-electron chi connectivity index (χ0n) is 24.9. The fraction of sp³-hybridized carbons (Fsp3) is 0.606. The molecule has 0 aliphatic heterocycles. The highest BCUT2D eigenvalue weighted by Gasteiger charge is 2.68. The number of hydrogen-bond acceptors (Lipinski definition) is 7. The van der Waals surface area contributed by atoms with Crippen LogP contribution in [0, 0.1) is 35.5 Å². The summed E-state index contributed by atoms with van der Waals surface area (Å²) in [6.45, 7) is 8.32. The largest absolute Gasteiger partial charge is 0.449 e. The Morgan fingerprint density at radius 1 is 1.32 bits per heavy atom. The van der Waals surface area contributed by atoms with Gasteiger partial charge in [-0.25, -0.2) is 0 Å². The Bertz CT molecular complexity index is 1420. The SMILES string of the molecule is CCC=C(Oc1cccnc1C)SCC(=O)C1(O)CCC2C3CCC4=Cc5c(cnn5C)CC4(C)C3C(O)CC21C. The number of allylic oxidation sites excluding steroid dienone is 2. The van der Waals surface area contributed by atoms with E-state index in [4.69, 9.17) is 4.74 Å². The molecule has 2 heterocycles. The minimum Gasteiger partial charge on any atom is -0.449 e. The number of carbonyl (C=O) groups is 1. The lowest BCUT2D eigenvalue weighted by Gasteiger charge is -2.60. The van der Waals surface area contributed by atoms with Crippen molar-refractivity contribution in [1.82, 2.24) is 14.8 Å². The number of rotatable bonds is 7. The Balaban J connectivity index is 1.21. The molecule has 0 amide bonds. The van der Waals surface area contributed by atoms with Gasteiger partial charge in [0.2, 0.25) is 0 Å². The number of aliphatic hydroxyl groups is 2. The lowest BCUT2D eigenvalue weighted by Crippen LogP contribution is -2.62. The monoisotopic (exact) mass is 577 g/mol. The van der Waals surface area contributed by atoms with Gasteiger partial charge in [-0.3, -0.25) is 14.5 Å². The molecule has 7 unspecified atom stereocenters. The second-order valence-corrected chi connectivity index (χ2v) is 14.2. The molecule has 41 heavy (non-hydrogen) atoms. The van der Waals surface area contributed by atoms with Crippen molar-refractivity contribution in [3.8, 4) is 5.75 Å². The summed E-state index contributed by atoms with van der Waals surface area (Å²) in [7, 11) is 1.99. The average molecular weight is 578 g/mol. The van der Waals surface area contributed by atoms with Crippen molar-refractivity contribution >= 4 is 23.6 Å². The zero-order valence-corrected chi connectivity index (χ0v) is 25.7. The van der Waals surface area contributed by atoms with Crippen LogP contribution < -0.4 is 4.74 Å². The molecule has 4 aliphatic carbocycles. The van der Waals surface area contributed by atoms with Gasteiger partial charge in [0.15, 0.2) is 10.9 Å². The lowest BCUT2D eigenvalue weighted by atomic mass is 9.45. The van der Waals surface area contributed by atoms with Crippen LogP contribution in [0.3, 0.4) is 0 Å². The molecule has 0 bridgehead atoms. The van der Waals surface area contributed by atoms with Gasteiger partial charge in [-0.05, 0) is 105 Å². The molecular weight excluding hydrogens is 534 g/mol. The van der Waals surface area contributed by atoms with Gasteiger partial charge in [0.25, 0.3) is 0 Å². The number of ether oxygens (including phenoxy) is 1. The number of fused-ring (bicyclic) bond motifs is 6. The van der Waals surface area contributed by atoms with E-state index >= 15 is 0 Å². The summed E-state index contributed by atoms with van der Waals surface area (Å²) >= 11 is 1.34. The van der Waals surface area contributed by atoms with Gasteiger partial charge in [-0.2, -0.15) is 5.10 Å². The molecule has 2 N–H and O–H groups in total. The van der Waals surface area contributed by atoms with Crippen molar-refractivity contribution in [1.29, 1.82) is 0 Å². The Morgan fingerprint density at radius 2 is 2.12 bits per heavy atom. The molecule has 8 heteroatoms. The van der Waals surface area contributed by atoms with Crippen LogP contribution in [-0.4, -0.2) is 48.2 Å². The third kappa shape index (κ3) is 4.43. The Hall–Kier alpha value is -2.42. The number of aromatic nitrogens is 3. The zero-order chi connectivity index (χ0) is 29.2. The molecule has 0 radical (unpaired) electrons. The van der Waals surface area contributed by atoms with Crippen LogP contribution >= 0.6 is 11.8 Å². The summed E-state index contributed by atoms with van der Waals surface area (Å²) in [5.41, 5.74) is 2.37. The Kier molecular flexibility index (Phi) is 7.27. The van der Waals surface area contributed by atoms with Crippen LogP contribution in [0.25, 0.3) is 6.08 Å². The molecule has 0 aromatic carbocycles. The van der Waals surface area contributed by atoms with Crippen molar-refractivity contribution in [3.05, 3.63) is 58.2 Å². The number of Topliss-reactive ketones (excluding diaryl/α,β-unsaturated/α-hetero) is 1. The van der Waals surface area contributed by atoms with Crippen LogP contribution in [0.2, 0.25) is 0 Å². The van der Waals surface area contributed by atoms with Crippen molar-refractivity contribution in [3.63, 3.8) is 0 Å². The fourth-order valence-electron chi connectivity index (χ4n) is 9.02. The van der Waals surface area contributed by atoms with E-state index in [1.807, 2.05) is 50.0 Å². The number of thioether (sulfide) groups is 1. The molecule has 0 saturated heterocycles. The van der Waals surface area contributed by atoms with Crippen molar-refractivity contribution in [2.45, 2.75) is 84.3 Å². The molecule has 7 atom stereocenters. The number of pyridine rings is 1. The summed E-state index contributed by atoms with van der Waals surface area (Å²) in [6, 6.07) is 3.70. The molecule has 3 fully saturated rings.